The van der Waals surface area contributed by atoms with Gasteiger partial charge in [-0.25, -0.2) is 0 Å². The lowest BCUT2D eigenvalue weighted by Gasteiger charge is -2.15. The van der Waals surface area contributed by atoms with Crippen LogP contribution in [0.5, 0.6) is 11.5 Å². The van der Waals surface area contributed by atoms with E-state index >= 15 is 0 Å². The smallest absolute Gasteiger partial charge is 0.258 e. The minimum atomic E-state index is -0.683. The Labute approximate surface area is 99.5 Å². The van der Waals surface area contributed by atoms with E-state index in [2.05, 4.69) is 0 Å². The summed E-state index contributed by atoms with van der Waals surface area (Å²) in [7, 11) is 0. The Hall–Kier alpha value is -1.75. The predicted octanol–water partition coefficient (Wildman–Crippen LogP) is 0.717. The van der Waals surface area contributed by atoms with Crippen LogP contribution in [0.15, 0.2) is 24.3 Å². The lowest BCUT2D eigenvalue weighted by atomic mass is 10.3. The first-order valence-electron chi connectivity index (χ1n) is 5.46. The Morgan fingerprint density at radius 1 is 1.53 bits per heavy atom. The molecule has 2 rings (SSSR count). The van der Waals surface area contributed by atoms with Gasteiger partial charge in [-0.15, -0.1) is 0 Å². The lowest BCUT2D eigenvalue weighted by molar-refractivity contribution is -0.124. The largest absolute Gasteiger partial charge is 0.487 e. The number of hydrogen-bond acceptors (Lipinski definition) is 4. The van der Waals surface area contributed by atoms with Crippen molar-refractivity contribution in [3.8, 4) is 11.5 Å². The minimum absolute atomic E-state index is 0.177. The third kappa shape index (κ3) is 3.35. The molecule has 0 spiro atoms. The van der Waals surface area contributed by atoms with E-state index in [1.807, 2.05) is 12.1 Å². The van der Waals surface area contributed by atoms with E-state index in [0.717, 1.165) is 6.61 Å². The second kappa shape index (κ2) is 5.05. The van der Waals surface area contributed by atoms with Gasteiger partial charge in [0, 0.05) is 0 Å². The molecule has 0 aliphatic carbocycles. The van der Waals surface area contributed by atoms with Gasteiger partial charge in [-0.2, -0.15) is 0 Å². The van der Waals surface area contributed by atoms with Crippen LogP contribution >= 0.6 is 0 Å². The van der Waals surface area contributed by atoms with Crippen molar-refractivity contribution in [2.45, 2.75) is 19.1 Å². The zero-order valence-corrected chi connectivity index (χ0v) is 9.59. The fourth-order valence-corrected chi connectivity index (χ4v) is 1.26. The van der Waals surface area contributed by atoms with Gasteiger partial charge in [0.1, 0.15) is 12.7 Å². The van der Waals surface area contributed by atoms with Crippen molar-refractivity contribution in [2.24, 2.45) is 5.73 Å². The number of carbonyl (C=O) groups excluding carboxylic acids is 1. The first-order valence-corrected chi connectivity index (χ1v) is 5.46. The second-order valence-corrected chi connectivity index (χ2v) is 3.88. The summed E-state index contributed by atoms with van der Waals surface area (Å²) in [5.74, 6) is 0.598. The number of rotatable bonds is 6. The number of ether oxygens (including phenoxy) is 3. The molecule has 1 saturated heterocycles. The van der Waals surface area contributed by atoms with Gasteiger partial charge in [-0.1, -0.05) is 12.1 Å². The molecule has 2 unspecified atom stereocenters. The molecule has 5 nitrogen and oxygen atoms in total. The molecule has 17 heavy (non-hydrogen) atoms. The van der Waals surface area contributed by atoms with Crippen LogP contribution in [-0.4, -0.2) is 31.3 Å². The molecule has 0 saturated carbocycles. The van der Waals surface area contributed by atoms with Crippen molar-refractivity contribution in [2.75, 3.05) is 13.2 Å². The molecule has 1 heterocycles. The Balaban J connectivity index is 2.00. The summed E-state index contributed by atoms with van der Waals surface area (Å²) in [5, 5.41) is 0. The Morgan fingerprint density at radius 2 is 2.18 bits per heavy atom. The summed E-state index contributed by atoms with van der Waals surface area (Å²) in [5.41, 5.74) is 5.14. The first kappa shape index (κ1) is 11.7. The summed E-state index contributed by atoms with van der Waals surface area (Å²) < 4.78 is 16.0. The SMILES string of the molecule is CC(Oc1ccccc1OCC1CO1)C(N)=O. The molecule has 1 aliphatic heterocycles. The van der Waals surface area contributed by atoms with E-state index in [4.69, 9.17) is 19.9 Å². The van der Waals surface area contributed by atoms with Gasteiger partial charge < -0.3 is 19.9 Å². The zero-order chi connectivity index (χ0) is 12.3. The molecule has 1 aromatic rings. The highest BCUT2D eigenvalue weighted by molar-refractivity contribution is 5.78. The van der Waals surface area contributed by atoms with Crippen LogP contribution in [0.2, 0.25) is 0 Å². The maximum Gasteiger partial charge on any atom is 0.258 e. The molecule has 1 amide bonds. The van der Waals surface area contributed by atoms with Gasteiger partial charge >= 0.3 is 0 Å². The third-order valence-corrected chi connectivity index (χ3v) is 2.38. The molecule has 5 heteroatoms. The summed E-state index contributed by atoms with van der Waals surface area (Å²) in [4.78, 5) is 10.9. The number of hydrogen-bond donors (Lipinski definition) is 1. The van der Waals surface area contributed by atoms with E-state index in [1.165, 1.54) is 0 Å². The number of amides is 1. The van der Waals surface area contributed by atoms with Crippen LogP contribution in [0.3, 0.4) is 0 Å². The van der Waals surface area contributed by atoms with Crippen molar-refractivity contribution in [1.82, 2.24) is 0 Å². The third-order valence-electron chi connectivity index (χ3n) is 2.38. The molecule has 1 aliphatic rings. The van der Waals surface area contributed by atoms with E-state index in [1.54, 1.807) is 19.1 Å². The van der Waals surface area contributed by atoms with E-state index in [-0.39, 0.29) is 6.10 Å². The summed E-state index contributed by atoms with van der Waals surface area (Å²) in [6.45, 7) is 2.83. The van der Waals surface area contributed by atoms with Crippen molar-refractivity contribution >= 4 is 5.91 Å². The lowest BCUT2D eigenvalue weighted by Crippen LogP contribution is -2.30. The molecule has 2 atom stereocenters. The van der Waals surface area contributed by atoms with Crippen molar-refractivity contribution < 1.29 is 19.0 Å². The average Bonchev–Trinajstić information content (AvgIpc) is 3.11. The highest BCUT2D eigenvalue weighted by Crippen LogP contribution is 2.28. The fraction of sp³-hybridized carbons (Fsp3) is 0.417. The van der Waals surface area contributed by atoms with Crippen molar-refractivity contribution in [3.63, 3.8) is 0 Å². The van der Waals surface area contributed by atoms with Crippen LogP contribution < -0.4 is 15.2 Å². The van der Waals surface area contributed by atoms with Crippen LogP contribution in [0.1, 0.15) is 6.92 Å². The number of benzene rings is 1. The molecule has 0 radical (unpaired) electrons. The Morgan fingerprint density at radius 3 is 2.76 bits per heavy atom. The van der Waals surface area contributed by atoms with Gasteiger partial charge in [-0.3, -0.25) is 4.79 Å². The molecule has 2 N–H and O–H groups in total. The van der Waals surface area contributed by atoms with Crippen molar-refractivity contribution in [3.05, 3.63) is 24.3 Å². The zero-order valence-electron chi connectivity index (χ0n) is 9.59. The predicted molar refractivity (Wildman–Crippen MR) is 61.0 cm³/mol. The standard InChI is InChI=1S/C12H15NO4/c1-8(12(13)14)17-11-5-3-2-4-10(11)16-7-9-6-15-9/h2-5,8-9H,6-7H2,1H3,(H2,13,14). The molecular weight excluding hydrogens is 222 g/mol. The number of carbonyl (C=O) groups is 1. The van der Waals surface area contributed by atoms with E-state index in [9.17, 15) is 4.79 Å². The second-order valence-electron chi connectivity index (χ2n) is 3.88. The van der Waals surface area contributed by atoms with Crippen LogP contribution in [0, 0.1) is 0 Å². The highest BCUT2D eigenvalue weighted by atomic mass is 16.6. The summed E-state index contributed by atoms with van der Waals surface area (Å²) in [6, 6.07) is 7.17. The van der Waals surface area contributed by atoms with Gasteiger partial charge in [0.15, 0.2) is 17.6 Å². The van der Waals surface area contributed by atoms with Crippen LogP contribution in [-0.2, 0) is 9.53 Å². The van der Waals surface area contributed by atoms with E-state index in [0.29, 0.717) is 18.1 Å². The van der Waals surface area contributed by atoms with Crippen LogP contribution in [0.25, 0.3) is 0 Å². The molecule has 0 bridgehead atoms. The topological polar surface area (TPSA) is 74.1 Å². The number of nitrogens with two attached hydrogens (primary N) is 1. The monoisotopic (exact) mass is 237 g/mol. The number of primary amides is 1. The normalized spacial score (nSPS) is 19.5. The molecule has 1 aromatic carbocycles. The Bertz CT molecular complexity index is 403. The average molecular weight is 237 g/mol. The molecular formula is C12H15NO4. The maximum atomic E-state index is 10.9. The fourth-order valence-electron chi connectivity index (χ4n) is 1.26. The first-order chi connectivity index (χ1) is 8.16. The summed E-state index contributed by atoms with van der Waals surface area (Å²) in [6.07, 6.45) is -0.506. The highest BCUT2D eigenvalue weighted by Gasteiger charge is 2.24. The number of epoxide rings is 1. The molecule has 1 fully saturated rings. The minimum Gasteiger partial charge on any atom is -0.487 e. The van der Waals surface area contributed by atoms with Gasteiger partial charge in [0.2, 0.25) is 0 Å². The van der Waals surface area contributed by atoms with Crippen molar-refractivity contribution in [1.29, 1.82) is 0 Å². The van der Waals surface area contributed by atoms with E-state index < -0.39 is 12.0 Å². The number of para-hydroxylation sites is 2. The van der Waals surface area contributed by atoms with Gasteiger partial charge in [0.05, 0.1) is 6.61 Å². The molecule has 0 aromatic heterocycles. The maximum absolute atomic E-state index is 10.9. The van der Waals surface area contributed by atoms with Gasteiger partial charge in [-0.05, 0) is 19.1 Å². The molecule has 92 valence electrons. The van der Waals surface area contributed by atoms with Crippen LogP contribution in [0.4, 0.5) is 0 Å². The summed E-state index contributed by atoms with van der Waals surface area (Å²) >= 11 is 0. The van der Waals surface area contributed by atoms with Gasteiger partial charge in [0.25, 0.3) is 5.91 Å². The quantitative estimate of drug-likeness (QED) is 0.740. The Kier molecular flexibility index (Phi) is 3.49.